The second-order valence-corrected chi connectivity index (χ2v) is 7.89. The van der Waals surface area contributed by atoms with Crippen LogP contribution in [-0.2, 0) is 24.7 Å². The molecule has 8 nitrogen and oxygen atoms in total. The van der Waals surface area contributed by atoms with Crippen LogP contribution in [0, 0.1) is 5.92 Å². The van der Waals surface area contributed by atoms with Gasteiger partial charge in [0.25, 0.3) is 0 Å². The standard InChI is InChI=1S/C20H25N7O/c1-25-11-8-22-19(25)16-12-17-23-15-5-3-2-4-14(15)20(27(17)24-16)26-9-6-13(7-10-26)18(21)28/h8,11-13H,2-7,9-10H2,1H3,(H2,21,28). The largest absolute Gasteiger partial charge is 0.369 e. The van der Waals surface area contributed by atoms with Crippen molar-refractivity contribution in [1.29, 1.82) is 0 Å². The Balaban J connectivity index is 1.62. The third-order valence-electron chi connectivity index (χ3n) is 6.10. The molecule has 0 bridgehead atoms. The molecule has 1 aliphatic heterocycles. The van der Waals surface area contributed by atoms with Crippen LogP contribution >= 0.6 is 0 Å². The van der Waals surface area contributed by atoms with Gasteiger partial charge in [0.05, 0.1) is 0 Å². The summed E-state index contributed by atoms with van der Waals surface area (Å²) >= 11 is 0. The Bertz CT molecular complexity index is 1040. The van der Waals surface area contributed by atoms with E-state index in [1.807, 2.05) is 28.4 Å². The third-order valence-corrected chi connectivity index (χ3v) is 6.10. The van der Waals surface area contributed by atoms with Crippen LogP contribution in [-0.4, -0.2) is 43.1 Å². The molecule has 1 aliphatic carbocycles. The summed E-state index contributed by atoms with van der Waals surface area (Å²) in [5, 5.41) is 4.89. The molecule has 0 aromatic carbocycles. The molecule has 0 unspecified atom stereocenters. The van der Waals surface area contributed by atoms with Crippen molar-refractivity contribution in [3.8, 4) is 11.5 Å². The molecule has 0 spiro atoms. The molecule has 3 aromatic rings. The van der Waals surface area contributed by atoms with Crippen LogP contribution in [0.15, 0.2) is 18.5 Å². The van der Waals surface area contributed by atoms with Crippen molar-refractivity contribution in [2.75, 3.05) is 18.0 Å². The normalized spacial score (nSPS) is 17.8. The van der Waals surface area contributed by atoms with Crippen molar-refractivity contribution < 1.29 is 4.79 Å². The predicted octanol–water partition coefficient (Wildman–Crippen LogP) is 1.71. The smallest absolute Gasteiger partial charge is 0.220 e. The van der Waals surface area contributed by atoms with Crippen molar-refractivity contribution in [1.82, 2.24) is 24.1 Å². The molecule has 0 atom stereocenters. The van der Waals surface area contributed by atoms with Crippen molar-refractivity contribution in [3.05, 3.63) is 29.7 Å². The first-order valence-electron chi connectivity index (χ1n) is 10.1. The van der Waals surface area contributed by atoms with Crippen molar-refractivity contribution in [2.24, 2.45) is 18.7 Å². The zero-order valence-corrected chi connectivity index (χ0v) is 16.1. The van der Waals surface area contributed by atoms with Gasteiger partial charge in [0.15, 0.2) is 11.5 Å². The Kier molecular flexibility index (Phi) is 4.07. The number of nitrogens with two attached hydrogens (primary N) is 1. The zero-order valence-electron chi connectivity index (χ0n) is 16.1. The molecule has 2 N–H and O–H groups in total. The van der Waals surface area contributed by atoms with Crippen molar-refractivity contribution in [3.63, 3.8) is 0 Å². The summed E-state index contributed by atoms with van der Waals surface area (Å²) in [4.78, 5) is 23.3. The fourth-order valence-electron chi connectivity index (χ4n) is 4.55. The molecule has 3 aromatic heterocycles. The number of hydrogen-bond acceptors (Lipinski definition) is 5. The average molecular weight is 379 g/mol. The molecule has 1 fully saturated rings. The van der Waals surface area contributed by atoms with E-state index in [0.717, 1.165) is 61.8 Å². The molecule has 4 heterocycles. The van der Waals surface area contributed by atoms with E-state index in [2.05, 4.69) is 9.88 Å². The number of primary amides is 1. The summed E-state index contributed by atoms with van der Waals surface area (Å²) in [6.45, 7) is 1.63. The number of anilines is 1. The molecule has 0 saturated carbocycles. The number of fused-ring (bicyclic) bond motifs is 2. The zero-order chi connectivity index (χ0) is 19.3. The van der Waals surface area contributed by atoms with Crippen LogP contribution in [0.4, 0.5) is 5.82 Å². The van der Waals surface area contributed by atoms with Crippen molar-refractivity contribution in [2.45, 2.75) is 38.5 Å². The van der Waals surface area contributed by atoms with E-state index in [0.29, 0.717) is 0 Å². The fraction of sp³-hybridized carbons (Fsp3) is 0.500. The van der Waals surface area contributed by atoms with Crippen LogP contribution in [0.3, 0.4) is 0 Å². The molecule has 0 radical (unpaired) electrons. The minimum atomic E-state index is -0.183. The van der Waals surface area contributed by atoms with Gasteiger partial charge in [-0.2, -0.15) is 9.61 Å². The van der Waals surface area contributed by atoms with Gasteiger partial charge in [-0.25, -0.2) is 9.97 Å². The van der Waals surface area contributed by atoms with E-state index in [1.54, 1.807) is 6.20 Å². The van der Waals surface area contributed by atoms with Crippen LogP contribution in [0.25, 0.3) is 17.2 Å². The van der Waals surface area contributed by atoms with E-state index in [9.17, 15) is 4.79 Å². The maximum absolute atomic E-state index is 11.6. The highest BCUT2D eigenvalue weighted by molar-refractivity contribution is 5.77. The van der Waals surface area contributed by atoms with Crippen LogP contribution in [0.1, 0.15) is 36.9 Å². The lowest BCUT2D eigenvalue weighted by molar-refractivity contribution is -0.122. The summed E-state index contributed by atoms with van der Waals surface area (Å²) in [6, 6.07) is 2.02. The maximum Gasteiger partial charge on any atom is 0.220 e. The molecule has 28 heavy (non-hydrogen) atoms. The third kappa shape index (κ3) is 2.75. The second-order valence-electron chi connectivity index (χ2n) is 7.89. The minimum Gasteiger partial charge on any atom is -0.369 e. The van der Waals surface area contributed by atoms with Gasteiger partial charge in [-0.15, -0.1) is 0 Å². The lowest BCUT2D eigenvalue weighted by Crippen LogP contribution is -2.40. The van der Waals surface area contributed by atoms with E-state index >= 15 is 0 Å². The summed E-state index contributed by atoms with van der Waals surface area (Å²) < 4.78 is 3.96. The number of aromatic nitrogens is 5. The topological polar surface area (TPSA) is 94.3 Å². The van der Waals surface area contributed by atoms with Crippen LogP contribution in [0.5, 0.6) is 0 Å². The quantitative estimate of drug-likeness (QED) is 0.748. The van der Waals surface area contributed by atoms with Crippen molar-refractivity contribution >= 4 is 17.4 Å². The van der Waals surface area contributed by atoms with Gasteiger partial charge >= 0.3 is 0 Å². The minimum absolute atomic E-state index is 0.0230. The first-order valence-corrected chi connectivity index (χ1v) is 10.1. The molecule has 1 amide bonds. The number of amides is 1. The van der Waals surface area contributed by atoms with E-state index in [4.69, 9.17) is 15.8 Å². The SMILES string of the molecule is Cn1ccnc1-c1cc2nc3c(c(N4CCC(C(N)=O)CC4)n2n1)CCCC3. The first kappa shape index (κ1) is 17.2. The Hall–Kier alpha value is -2.90. The van der Waals surface area contributed by atoms with E-state index < -0.39 is 0 Å². The summed E-state index contributed by atoms with van der Waals surface area (Å²) in [5.41, 5.74) is 9.73. The Morgan fingerprint density at radius 3 is 2.71 bits per heavy atom. The Morgan fingerprint density at radius 2 is 2.00 bits per heavy atom. The van der Waals surface area contributed by atoms with Gasteiger partial charge < -0.3 is 15.2 Å². The molecule has 2 aliphatic rings. The highest BCUT2D eigenvalue weighted by Gasteiger charge is 2.29. The lowest BCUT2D eigenvalue weighted by atomic mass is 9.93. The van der Waals surface area contributed by atoms with Gasteiger partial charge in [-0.05, 0) is 38.5 Å². The number of aryl methyl sites for hydroxylation is 2. The highest BCUT2D eigenvalue weighted by Crippen LogP contribution is 2.33. The molecule has 1 saturated heterocycles. The second kappa shape index (κ2) is 6.61. The summed E-state index contributed by atoms with van der Waals surface area (Å²) in [6.07, 6.45) is 9.70. The lowest BCUT2D eigenvalue weighted by Gasteiger charge is -2.34. The monoisotopic (exact) mass is 379 g/mol. The Labute approximate surface area is 163 Å². The molecular formula is C20H25N7O. The number of imidazole rings is 1. The number of hydrogen-bond donors (Lipinski definition) is 1. The van der Waals surface area contributed by atoms with Gasteiger partial charge in [0.2, 0.25) is 5.91 Å². The number of rotatable bonds is 3. The average Bonchev–Trinajstić information content (AvgIpc) is 3.31. The van der Waals surface area contributed by atoms with Gasteiger partial charge in [-0.1, -0.05) is 0 Å². The summed E-state index contributed by atoms with van der Waals surface area (Å²) in [5.74, 6) is 1.77. The molecule has 146 valence electrons. The maximum atomic E-state index is 11.6. The highest BCUT2D eigenvalue weighted by atomic mass is 16.1. The van der Waals surface area contributed by atoms with Crippen LogP contribution in [0.2, 0.25) is 0 Å². The van der Waals surface area contributed by atoms with Gasteiger partial charge in [0.1, 0.15) is 11.5 Å². The molecular weight excluding hydrogens is 354 g/mol. The molecule has 8 heteroatoms. The number of nitrogens with zero attached hydrogens (tertiary/aromatic N) is 6. The fourth-order valence-corrected chi connectivity index (χ4v) is 4.55. The first-order chi connectivity index (χ1) is 13.6. The number of piperidine rings is 1. The number of carbonyl (C=O) groups excluding carboxylic acids is 1. The van der Waals surface area contributed by atoms with E-state index in [1.165, 1.54) is 24.1 Å². The molecule has 5 rings (SSSR count). The van der Waals surface area contributed by atoms with Crippen LogP contribution < -0.4 is 10.6 Å². The Morgan fingerprint density at radius 1 is 1.21 bits per heavy atom. The summed E-state index contributed by atoms with van der Waals surface area (Å²) in [7, 11) is 1.97. The van der Waals surface area contributed by atoms with E-state index in [-0.39, 0.29) is 11.8 Å². The van der Waals surface area contributed by atoms with Gasteiger partial charge in [-0.3, -0.25) is 4.79 Å². The van der Waals surface area contributed by atoms with Gasteiger partial charge in [0, 0.05) is 55.8 Å². The predicted molar refractivity (Wildman–Crippen MR) is 106 cm³/mol. The number of carbonyl (C=O) groups is 1.